The fourth-order valence-corrected chi connectivity index (χ4v) is 1.38. The van der Waals surface area contributed by atoms with E-state index in [2.05, 4.69) is 26.4 Å². The number of aliphatic imine (C=N–C) groups is 1. The zero-order valence-electron chi connectivity index (χ0n) is 9.22. The molecular formula is C13H12N4. The highest BCUT2D eigenvalue weighted by molar-refractivity contribution is 5.76. The normalized spacial score (nSPS) is 10.3. The number of nitrogens with zero attached hydrogens (tertiary/aromatic N) is 2. The first-order valence-electron chi connectivity index (χ1n) is 5.18. The number of rotatable bonds is 4. The third-order valence-electron chi connectivity index (χ3n) is 2.20. The van der Waals surface area contributed by atoms with Crippen LogP contribution in [-0.2, 0) is 0 Å². The van der Waals surface area contributed by atoms with Crippen molar-refractivity contribution < 1.29 is 0 Å². The van der Waals surface area contributed by atoms with E-state index in [9.17, 15) is 0 Å². The lowest BCUT2D eigenvalue weighted by Gasteiger charge is -2.01. The van der Waals surface area contributed by atoms with Crippen molar-refractivity contribution in [2.24, 2.45) is 4.99 Å². The zero-order chi connectivity index (χ0) is 11.9. The van der Waals surface area contributed by atoms with Crippen molar-refractivity contribution in [2.75, 3.05) is 11.9 Å². The van der Waals surface area contributed by atoms with E-state index in [-0.39, 0.29) is 0 Å². The summed E-state index contributed by atoms with van der Waals surface area (Å²) in [6.45, 7) is 0.388. The van der Waals surface area contributed by atoms with Gasteiger partial charge >= 0.3 is 0 Å². The first-order valence-corrected chi connectivity index (χ1v) is 5.18. The molecule has 2 N–H and O–H groups in total. The molecule has 2 rings (SSSR count). The molecule has 0 amide bonds. The van der Waals surface area contributed by atoms with Crippen molar-refractivity contribution in [1.82, 2.24) is 10.2 Å². The summed E-state index contributed by atoms with van der Waals surface area (Å²) in [7, 11) is 0. The van der Waals surface area contributed by atoms with Gasteiger partial charge in [-0.15, -0.1) is 6.42 Å². The number of benzene rings is 1. The second-order valence-corrected chi connectivity index (χ2v) is 3.37. The lowest BCUT2D eigenvalue weighted by Crippen LogP contribution is -1.95. The first-order chi connectivity index (χ1) is 8.40. The number of aromatic amines is 1. The topological polar surface area (TPSA) is 53.1 Å². The third-order valence-corrected chi connectivity index (χ3v) is 2.20. The monoisotopic (exact) mass is 224 g/mol. The molecule has 84 valence electrons. The van der Waals surface area contributed by atoms with E-state index in [4.69, 9.17) is 6.42 Å². The molecule has 0 aliphatic carbocycles. The van der Waals surface area contributed by atoms with Crippen LogP contribution >= 0.6 is 0 Å². The van der Waals surface area contributed by atoms with Gasteiger partial charge < -0.3 is 5.32 Å². The molecule has 17 heavy (non-hydrogen) atoms. The molecule has 4 heteroatoms. The van der Waals surface area contributed by atoms with Crippen molar-refractivity contribution in [3.8, 4) is 23.6 Å². The molecule has 0 atom stereocenters. The average Bonchev–Trinajstić information content (AvgIpc) is 2.89. The van der Waals surface area contributed by atoms with Gasteiger partial charge in [-0.05, 0) is 23.8 Å². The first kappa shape index (κ1) is 11.0. The lowest BCUT2D eigenvalue weighted by molar-refractivity contribution is 1.10. The zero-order valence-corrected chi connectivity index (χ0v) is 9.22. The van der Waals surface area contributed by atoms with Gasteiger partial charge in [0, 0.05) is 11.9 Å². The molecule has 0 spiro atoms. The number of terminal acetylenes is 1. The Morgan fingerprint density at radius 1 is 1.35 bits per heavy atom. The van der Waals surface area contributed by atoms with Gasteiger partial charge in [0.2, 0.25) is 0 Å². The van der Waals surface area contributed by atoms with Gasteiger partial charge in [-0.25, -0.2) is 0 Å². The van der Waals surface area contributed by atoms with E-state index in [1.165, 1.54) is 0 Å². The number of hydrogen-bond acceptors (Lipinski definition) is 2. The second-order valence-electron chi connectivity index (χ2n) is 3.37. The van der Waals surface area contributed by atoms with Crippen LogP contribution < -0.4 is 5.32 Å². The number of hydrogen-bond donors (Lipinski definition) is 2. The summed E-state index contributed by atoms with van der Waals surface area (Å²) in [6, 6.07) is 9.88. The molecule has 0 saturated carbocycles. The molecular weight excluding hydrogens is 212 g/mol. The summed E-state index contributed by atoms with van der Waals surface area (Å²) < 4.78 is 0. The molecule has 4 nitrogen and oxygen atoms in total. The maximum absolute atomic E-state index is 5.08. The minimum absolute atomic E-state index is 0.388. The Kier molecular flexibility index (Phi) is 3.56. The average molecular weight is 224 g/mol. The maximum Gasteiger partial charge on any atom is 0.101 e. The van der Waals surface area contributed by atoms with Crippen LogP contribution in [0.5, 0.6) is 0 Å². The molecule has 1 aromatic heterocycles. The van der Waals surface area contributed by atoms with E-state index in [1.807, 2.05) is 30.3 Å². The second kappa shape index (κ2) is 5.52. The highest BCUT2D eigenvalue weighted by Gasteiger charge is 1.97. The fraction of sp³-hybridized carbons (Fsp3) is 0.0769. The van der Waals surface area contributed by atoms with Gasteiger partial charge in [-0.3, -0.25) is 10.1 Å². The number of aromatic nitrogens is 2. The van der Waals surface area contributed by atoms with Crippen molar-refractivity contribution in [1.29, 1.82) is 0 Å². The molecule has 0 radical (unpaired) electrons. The molecule has 0 fully saturated rings. The smallest absolute Gasteiger partial charge is 0.101 e. The van der Waals surface area contributed by atoms with Gasteiger partial charge in [-0.1, -0.05) is 18.1 Å². The minimum atomic E-state index is 0.388. The van der Waals surface area contributed by atoms with Gasteiger partial charge in [0.1, 0.15) is 6.54 Å². The molecule has 0 bridgehead atoms. The van der Waals surface area contributed by atoms with Gasteiger partial charge in [0.05, 0.1) is 12.0 Å². The highest BCUT2D eigenvalue weighted by atomic mass is 15.1. The maximum atomic E-state index is 5.08. The molecule has 0 aliphatic rings. The Bertz CT molecular complexity index is 518. The highest BCUT2D eigenvalue weighted by Crippen LogP contribution is 2.18. The molecule has 0 aliphatic heterocycles. The van der Waals surface area contributed by atoms with Crippen LogP contribution in [0.25, 0.3) is 11.3 Å². The van der Waals surface area contributed by atoms with Gasteiger partial charge in [-0.2, -0.15) is 5.10 Å². The Hall–Kier alpha value is -2.54. The van der Waals surface area contributed by atoms with Gasteiger partial charge in [0.25, 0.3) is 0 Å². The van der Waals surface area contributed by atoms with Crippen molar-refractivity contribution in [3.63, 3.8) is 0 Å². The Labute approximate surface area is 99.8 Å². The van der Waals surface area contributed by atoms with E-state index in [1.54, 1.807) is 12.5 Å². The summed E-state index contributed by atoms with van der Waals surface area (Å²) in [5.41, 5.74) is 3.06. The molecule has 0 unspecified atom stereocenters. The SMILES string of the molecule is C#CCN=CNc1ccc(-c2ccn[nH]2)cc1. The third kappa shape index (κ3) is 2.95. The summed E-state index contributed by atoms with van der Waals surface area (Å²) in [5.74, 6) is 2.43. The quantitative estimate of drug-likeness (QED) is 0.475. The van der Waals surface area contributed by atoms with Crippen molar-refractivity contribution in [2.45, 2.75) is 0 Å². The van der Waals surface area contributed by atoms with Crippen molar-refractivity contribution in [3.05, 3.63) is 36.5 Å². The molecule has 0 saturated heterocycles. The van der Waals surface area contributed by atoms with Crippen molar-refractivity contribution >= 4 is 12.0 Å². The van der Waals surface area contributed by atoms with Crippen LogP contribution in [0.1, 0.15) is 0 Å². The van der Waals surface area contributed by atoms with Gasteiger partial charge in [0.15, 0.2) is 0 Å². The van der Waals surface area contributed by atoms with E-state index < -0.39 is 0 Å². The molecule has 1 heterocycles. The Balaban J connectivity index is 2.01. The predicted molar refractivity (Wildman–Crippen MR) is 69.8 cm³/mol. The standard InChI is InChI=1S/C13H12N4/c1-2-8-14-10-15-12-5-3-11(4-6-12)13-7-9-16-17-13/h1,3-7,9-10H,8H2,(H,14,15)(H,16,17). The van der Waals surface area contributed by atoms with E-state index in [0.29, 0.717) is 6.54 Å². The minimum Gasteiger partial charge on any atom is -0.347 e. The number of anilines is 1. The van der Waals surface area contributed by atoms with Crippen LogP contribution in [-0.4, -0.2) is 23.1 Å². The van der Waals surface area contributed by atoms with Crippen LogP contribution in [0.4, 0.5) is 5.69 Å². The number of nitrogens with one attached hydrogen (secondary N) is 2. The summed E-state index contributed by atoms with van der Waals surface area (Å²) in [6.07, 6.45) is 8.41. The molecule has 2 aromatic rings. The largest absolute Gasteiger partial charge is 0.347 e. The predicted octanol–water partition coefficient (Wildman–Crippen LogP) is 2.15. The van der Waals surface area contributed by atoms with Crippen LogP contribution in [0, 0.1) is 12.3 Å². The Morgan fingerprint density at radius 3 is 2.82 bits per heavy atom. The number of H-pyrrole nitrogens is 1. The summed E-state index contributed by atoms with van der Waals surface area (Å²) in [5, 5.41) is 9.86. The summed E-state index contributed by atoms with van der Waals surface area (Å²) >= 11 is 0. The van der Waals surface area contributed by atoms with E-state index in [0.717, 1.165) is 16.9 Å². The Morgan fingerprint density at radius 2 is 2.18 bits per heavy atom. The van der Waals surface area contributed by atoms with Crippen LogP contribution in [0.15, 0.2) is 41.5 Å². The van der Waals surface area contributed by atoms with Crippen LogP contribution in [0.3, 0.4) is 0 Å². The lowest BCUT2D eigenvalue weighted by atomic mass is 10.1. The fourth-order valence-electron chi connectivity index (χ4n) is 1.38. The molecule has 1 aromatic carbocycles. The summed E-state index contributed by atoms with van der Waals surface area (Å²) in [4.78, 5) is 3.97. The van der Waals surface area contributed by atoms with E-state index >= 15 is 0 Å². The van der Waals surface area contributed by atoms with Crippen LogP contribution in [0.2, 0.25) is 0 Å².